The van der Waals surface area contributed by atoms with Crippen LogP contribution in [0.5, 0.6) is 0 Å². The zero-order valence-corrected chi connectivity index (χ0v) is 18.5. The number of para-hydroxylation sites is 1. The standard InChI is InChI=1S/C21H22N4O4S2/c1-14(26)22-16-6-8-17(9-7-16)31(28,29)25-12-10-15(11-13-25)20(27)24-21-23-18-4-2-3-5-19(18)30-21/h2-9,15H,10-13H2,1H3,(H,22,26)(H,23,24,27). The number of aromatic nitrogens is 1. The molecule has 162 valence electrons. The van der Waals surface area contributed by atoms with Crippen LogP contribution in [0.4, 0.5) is 10.8 Å². The molecule has 0 aliphatic carbocycles. The van der Waals surface area contributed by atoms with Crippen molar-refractivity contribution >= 4 is 54.2 Å². The fraction of sp³-hybridized carbons (Fsp3) is 0.286. The summed E-state index contributed by atoms with van der Waals surface area (Å²) in [5.41, 5.74) is 1.38. The van der Waals surface area contributed by atoms with Crippen molar-refractivity contribution in [1.82, 2.24) is 9.29 Å². The molecule has 4 rings (SSSR count). The molecule has 0 saturated carbocycles. The third-order valence-electron chi connectivity index (χ3n) is 5.16. The summed E-state index contributed by atoms with van der Waals surface area (Å²) in [4.78, 5) is 28.4. The molecule has 31 heavy (non-hydrogen) atoms. The number of hydrogen-bond acceptors (Lipinski definition) is 6. The predicted molar refractivity (Wildman–Crippen MR) is 120 cm³/mol. The molecule has 1 aromatic heterocycles. The average Bonchev–Trinajstić information content (AvgIpc) is 3.16. The molecule has 0 bridgehead atoms. The number of nitrogens with one attached hydrogen (secondary N) is 2. The van der Waals surface area contributed by atoms with Gasteiger partial charge in [-0.1, -0.05) is 23.5 Å². The first-order valence-corrected chi connectivity index (χ1v) is 12.1. The summed E-state index contributed by atoms with van der Waals surface area (Å²) in [5, 5.41) is 6.04. The second-order valence-corrected chi connectivity index (χ2v) is 10.3. The van der Waals surface area contributed by atoms with Crippen LogP contribution in [0.3, 0.4) is 0 Å². The molecule has 0 atom stereocenters. The molecule has 2 aromatic carbocycles. The third kappa shape index (κ3) is 4.76. The van der Waals surface area contributed by atoms with Gasteiger partial charge in [0.1, 0.15) is 0 Å². The van der Waals surface area contributed by atoms with Gasteiger partial charge in [-0.05, 0) is 49.2 Å². The van der Waals surface area contributed by atoms with Crippen molar-refractivity contribution in [1.29, 1.82) is 0 Å². The molecule has 2 heterocycles. The van der Waals surface area contributed by atoms with Gasteiger partial charge in [-0.2, -0.15) is 4.31 Å². The fourth-order valence-electron chi connectivity index (χ4n) is 3.55. The SMILES string of the molecule is CC(=O)Nc1ccc(S(=O)(=O)N2CCC(C(=O)Nc3nc4ccccc4s3)CC2)cc1. The van der Waals surface area contributed by atoms with Crippen LogP contribution in [0.25, 0.3) is 10.2 Å². The number of benzene rings is 2. The molecule has 0 spiro atoms. The van der Waals surface area contributed by atoms with E-state index in [1.54, 1.807) is 12.1 Å². The van der Waals surface area contributed by atoms with E-state index in [0.29, 0.717) is 23.7 Å². The Kier molecular flexibility index (Phi) is 6.03. The molecule has 0 radical (unpaired) electrons. The Labute approximate surface area is 184 Å². The third-order valence-corrected chi connectivity index (χ3v) is 8.03. The van der Waals surface area contributed by atoms with Gasteiger partial charge < -0.3 is 10.6 Å². The number of piperidine rings is 1. The number of anilines is 2. The number of thiazole rings is 1. The van der Waals surface area contributed by atoms with Gasteiger partial charge in [0.25, 0.3) is 0 Å². The number of hydrogen-bond donors (Lipinski definition) is 2. The van der Waals surface area contributed by atoms with Gasteiger partial charge in [-0.3, -0.25) is 9.59 Å². The van der Waals surface area contributed by atoms with E-state index >= 15 is 0 Å². The number of rotatable bonds is 5. The van der Waals surface area contributed by atoms with Crippen molar-refractivity contribution in [2.75, 3.05) is 23.7 Å². The quantitative estimate of drug-likeness (QED) is 0.610. The van der Waals surface area contributed by atoms with Crippen LogP contribution in [-0.4, -0.2) is 42.6 Å². The van der Waals surface area contributed by atoms with Crippen LogP contribution in [-0.2, 0) is 19.6 Å². The zero-order chi connectivity index (χ0) is 22.0. The van der Waals surface area contributed by atoms with E-state index in [0.717, 1.165) is 10.2 Å². The van der Waals surface area contributed by atoms with E-state index in [1.165, 1.54) is 34.7 Å². The second kappa shape index (κ2) is 8.74. The minimum atomic E-state index is -3.65. The van der Waals surface area contributed by atoms with Gasteiger partial charge in [-0.25, -0.2) is 13.4 Å². The van der Waals surface area contributed by atoms with Gasteiger partial charge in [0.15, 0.2) is 5.13 Å². The lowest BCUT2D eigenvalue weighted by Crippen LogP contribution is -2.41. The molecule has 3 aromatic rings. The lowest BCUT2D eigenvalue weighted by Gasteiger charge is -2.30. The van der Waals surface area contributed by atoms with E-state index in [4.69, 9.17) is 0 Å². The number of sulfonamides is 1. The van der Waals surface area contributed by atoms with Gasteiger partial charge in [0.05, 0.1) is 15.1 Å². The Balaban J connectivity index is 1.37. The van der Waals surface area contributed by atoms with Crippen molar-refractivity contribution in [3.8, 4) is 0 Å². The van der Waals surface area contributed by atoms with Gasteiger partial charge >= 0.3 is 0 Å². The number of carbonyl (C=O) groups is 2. The normalized spacial score (nSPS) is 15.6. The summed E-state index contributed by atoms with van der Waals surface area (Å²) in [5.74, 6) is -0.613. The van der Waals surface area contributed by atoms with E-state index in [1.807, 2.05) is 24.3 Å². The van der Waals surface area contributed by atoms with Crippen LogP contribution in [0.2, 0.25) is 0 Å². The largest absolute Gasteiger partial charge is 0.326 e. The highest BCUT2D eigenvalue weighted by Crippen LogP contribution is 2.28. The van der Waals surface area contributed by atoms with Crippen LogP contribution in [0.15, 0.2) is 53.4 Å². The Bertz CT molecular complexity index is 1180. The van der Waals surface area contributed by atoms with Crippen LogP contribution >= 0.6 is 11.3 Å². The zero-order valence-electron chi connectivity index (χ0n) is 16.9. The van der Waals surface area contributed by atoms with Crippen molar-refractivity contribution in [2.45, 2.75) is 24.7 Å². The number of amides is 2. The molecule has 1 saturated heterocycles. The van der Waals surface area contributed by atoms with E-state index in [9.17, 15) is 18.0 Å². The highest BCUT2D eigenvalue weighted by Gasteiger charge is 2.32. The molecule has 10 heteroatoms. The first kappa shape index (κ1) is 21.4. The van der Waals surface area contributed by atoms with Crippen LogP contribution in [0, 0.1) is 5.92 Å². The van der Waals surface area contributed by atoms with Crippen molar-refractivity contribution in [2.24, 2.45) is 5.92 Å². The number of nitrogens with zero attached hydrogens (tertiary/aromatic N) is 2. The Morgan fingerprint density at radius 3 is 2.35 bits per heavy atom. The molecule has 0 unspecified atom stereocenters. The molecule has 8 nitrogen and oxygen atoms in total. The summed E-state index contributed by atoms with van der Waals surface area (Å²) in [7, 11) is -3.65. The van der Waals surface area contributed by atoms with Crippen LogP contribution in [0.1, 0.15) is 19.8 Å². The molecule has 2 amide bonds. The number of fused-ring (bicyclic) bond motifs is 1. The molecule has 2 N–H and O–H groups in total. The minimum Gasteiger partial charge on any atom is -0.326 e. The molecule has 1 aliphatic rings. The van der Waals surface area contributed by atoms with Crippen molar-refractivity contribution < 1.29 is 18.0 Å². The van der Waals surface area contributed by atoms with Crippen molar-refractivity contribution in [3.63, 3.8) is 0 Å². The Hall–Kier alpha value is -2.82. The Morgan fingerprint density at radius 1 is 1.03 bits per heavy atom. The number of carbonyl (C=O) groups excluding carboxylic acids is 2. The highest BCUT2D eigenvalue weighted by atomic mass is 32.2. The van der Waals surface area contributed by atoms with Gasteiger partial charge in [-0.15, -0.1) is 0 Å². The van der Waals surface area contributed by atoms with E-state index in [2.05, 4.69) is 15.6 Å². The second-order valence-electron chi connectivity index (χ2n) is 7.36. The topological polar surface area (TPSA) is 108 Å². The molecular weight excluding hydrogens is 436 g/mol. The summed E-state index contributed by atoms with van der Waals surface area (Å²) < 4.78 is 28.2. The van der Waals surface area contributed by atoms with Crippen LogP contribution < -0.4 is 10.6 Å². The summed E-state index contributed by atoms with van der Waals surface area (Å²) >= 11 is 1.42. The average molecular weight is 459 g/mol. The molecule has 1 fully saturated rings. The van der Waals surface area contributed by atoms with E-state index < -0.39 is 10.0 Å². The minimum absolute atomic E-state index is 0.129. The first-order valence-electron chi connectivity index (χ1n) is 9.87. The van der Waals surface area contributed by atoms with Gasteiger partial charge in [0.2, 0.25) is 21.8 Å². The maximum Gasteiger partial charge on any atom is 0.243 e. The summed E-state index contributed by atoms with van der Waals surface area (Å²) in [6, 6.07) is 13.8. The summed E-state index contributed by atoms with van der Waals surface area (Å²) in [6.45, 7) is 1.93. The van der Waals surface area contributed by atoms with Crippen molar-refractivity contribution in [3.05, 3.63) is 48.5 Å². The van der Waals surface area contributed by atoms with E-state index in [-0.39, 0.29) is 35.7 Å². The smallest absolute Gasteiger partial charge is 0.243 e. The maximum absolute atomic E-state index is 12.9. The monoisotopic (exact) mass is 458 g/mol. The lowest BCUT2D eigenvalue weighted by molar-refractivity contribution is -0.121. The Morgan fingerprint density at radius 2 is 1.71 bits per heavy atom. The van der Waals surface area contributed by atoms with Gasteiger partial charge in [0, 0.05) is 31.6 Å². The highest BCUT2D eigenvalue weighted by molar-refractivity contribution is 7.89. The maximum atomic E-state index is 12.9. The molecular formula is C21H22N4O4S2. The molecule has 1 aliphatic heterocycles. The lowest BCUT2D eigenvalue weighted by atomic mass is 9.97. The fourth-order valence-corrected chi connectivity index (χ4v) is 5.89. The predicted octanol–water partition coefficient (Wildman–Crippen LogP) is 3.29. The summed E-state index contributed by atoms with van der Waals surface area (Å²) in [6.07, 6.45) is 0.889. The first-order chi connectivity index (χ1) is 14.8.